The summed E-state index contributed by atoms with van der Waals surface area (Å²) in [5.41, 5.74) is 5.03. The van der Waals surface area contributed by atoms with Gasteiger partial charge >= 0.3 is 0 Å². The van der Waals surface area contributed by atoms with E-state index in [1.807, 2.05) is 24.3 Å². The summed E-state index contributed by atoms with van der Waals surface area (Å²) in [5, 5.41) is 0. The van der Waals surface area contributed by atoms with Crippen LogP contribution in [0.4, 0.5) is 11.4 Å². The molecular formula is C24H29N3O2. The molecule has 0 spiro atoms. The second-order valence-corrected chi connectivity index (χ2v) is 8.47. The van der Waals surface area contributed by atoms with E-state index in [2.05, 4.69) is 39.9 Å². The highest BCUT2D eigenvalue weighted by Crippen LogP contribution is 2.50. The normalized spacial score (nSPS) is 23.0. The van der Waals surface area contributed by atoms with E-state index in [0.29, 0.717) is 29.7 Å². The van der Waals surface area contributed by atoms with Crippen LogP contribution in [0.15, 0.2) is 42.5 Å². The summed E-state index contributed by atoms with van der Waals surface area (Å²) in [5.74, 6) is 1.39. The number of ether oxygens (including phenoxy) is 1. The van der Waals surface area contributed by atoms with E-state index in [0.717, 1.165) is 32.7 Å². The zero-order valence-electron chi connectivity index (χ0n) is 17.3. The molecule has 0 radical (unpaired) electrons. The number of methoxy groups -OCH3 is 1. The first-order chi connectivity index (χ1) is 14.2. The van der Waals surface area contributed by atoms with Gasteiger partial charge in [0.25, 0.3) is 0 Å². The van der Waals surface area contributed by atoms with Crippen molar-refractivity contribution in [1.29, 1.82) is 0 Å². The molecule has 0 saturated carbocycles. The zero-order chi connectivity index (χ0) is 20.0. The number of rotatable bonds is 5. The maximum atomic E-state index is 12.8. The number of ketones is 1. The molecule has 3 aliphatic rings. The lowest BCUT2D eigenvalue weighted by Crippen LogP contribution is -2.49. The van der Waals surface area contributed by atoms with Gasteiger partial charge in [0.15, 0.2) is 5.78 Å². The van der Waals surface area contributed by atoms with Gasteiger partial charge in [-0.3, -0.25) is 4.79 Å². The molecule has 5 heteroatoms. The second kappa shape index (κ2) is 7.38. The average Bonchev–Trinajstić information content (AvgIpc) is 3.09. The SMILES string of the molecule is COc1ccccc1C(=O)CCN1CC[C@H]2C(C1)c1cccc3c1N2CCN3C. The number of nitrogens with zero attached hydrogens (tertiary/aromatic N) is 3. The van der Waals surface area contributed by atoms with Gasteiger partial charge in [-0.2, -0.15) is 0 Å². The molecule has 0 aromatic heterocycles. The van der Waals surface area contributed by atoms with E-state index in [9.17, 15) is 4.79 Å². The summed E-state index contributed by atoms with van der Waals surface area (Å²) in [6, 6.07) is 14.9. The van der Waals surface area contributed by atoms with E-state index in [1.165, 1.54) is 23.4 Å². The molecule has 3 heterocycles. The second-order valence-electron chi connectivity index (χ2n) is 8.47. The number of fused-ring (bicyclic) bond motifs is 3. The van der Waals surface area contributed by atoms with Crippen molar-refractivity contribution in [2.45, 2.75) is 24.8 Å². The highest BCUT2D eigenvalue weighted by Gasteiger charge is 2.44. The van der Waals surface area contributed by atoms with Crippen molar-refractivity contribution in [3.8, 4) is 5.75 Å². The van der Waals surface area contributed by atoms with Gasteiger partial charge in [0, 0.05) is 58.2 Å². The number of carbonyl (C=O) groups excluding carboxylic acids is 1. The van der Waals surface area contributed by atoms with Crippen LogP contribution in [0, 0.1) is 0 Å². The van der Waals surface area contributed by atoms with E-state index < -0.39 is 0 Å². The Hall–Kier alpha value is -2.53. The van der Waals surface area contributed by atoms with Crippen molar-refractivity contribution in [2.24, 2.45) is 0 Å². The minimum atomic E-state index is 0.167. The standard InChI is InChI=1S/C24H29N3O2/c1-25-14-15-27-20-10-12-26(16-19(20)17-7-5-8-21(25)24(17)27)13-11-22(28)18-6-3-4-9-23(18)29-2/h3-9,19-20H,10-16H2,1-2H3/t19?,20-/m0/s1. The van der Waals surface area contributed by atoms with Crippen LogP contribution in [0.25, 0.3) is 0 Å². The Balaban J connectivity index is 1.29. The molecule has 1 unspecified atom stereocenters. The molecular weight excluding hydrogens is 362 g/mol. The smallest absolute Gasteiger partial charge is 0.167 e. The summed E-state index contributed by atoms with van der Waals surface area (Å²) in [6.07, 6.45) is 1.71. The fraction of sp³-hybridized carbons (Fsp3) is 0.458. The molecule has 2 aromatic rings. The molecule has 5 rings (SSSR count). The molecule has 0 bridgehead atoms. The fourth-order valence-corrected chi connectivity index (χ4v) is 5.45. The lowest BCUT2D eigenvalue weighted by Gasteiger charge is -2.41. The van der Waals surface area contributed by atoms with Gasteiger partial charge in [0.1, 0.15) is 5.75 Å². The summed E-state index contributed by atoms with van der Waals surface area (Å²) >= 11 is 0. The van der Waals surface area contributed by atoms with Gasteiger partial charge in [-0.1, -0.05) is 24.3 Å². The molecule has 1 fully saturated rings. The predicted molar refractivity (Wildman–Crippen MR) is 117 cm³/mol. The predicted octanol–water partition coefficient (Wildman–Crippen LogP) is 3.40. The van der Waals surface area contributed by atoms with Crippen LogP contribution < -0.4 is 14.5 Å². The Kier molecular flexibility index (Phi) is 4.70. The number of carbonyl (C=O) groups is 1. The number of anilines is 2. The van der Waals surface area contributed by atoms with Crippen molar-refractivity contribution >= 4 is 17.2 Å². The van der Waals surface area contributed by atoms with Gasteiger partial charge in [0.2, 0.25) is 0 Å². The lowest BCUT2D eigenvalue weighted by atomic mass is 9.89. The molecule has 2 aromatic carbocycles. The minimum Gasteiger partial charge on any atom is -0.496 e. The van der Waals surface area contributed by atoms with Gasteiger partial charge < -0.3 is 19.4 Å². The number of para-hydroxylation sites is 2. The van der Waals surface area contributed by atoms with Crippen molar-refractivity contribution in [3.63, 3.8) is 0 Å². The van der Waals surface area contributed by atoms with Crippen LogP contribution in [0.2, 0.25) is 0 Å². The molecule has 0 N–H and O–H groups in total. The average molecular weight is 392 g/mol. The topological polar surface area (TPSA) is 36.0 Å². The first-order valence-corrected chi connectivity index (χ1v) is 10.7. The number of hydrogen-bond donors (Lipinski definition) is 0. The number of hydrogen-bond acceptors (Lipinski definition) is 5. The van der Waals surface area contributed by atoms with Crippen LogP contribution in [-0.2, 0) is 0 Å². The maximum absolute atomic E-state index is 12.8. The molecule has 0 amide bonds. The summed E-state index contributed by atoms with van der Waals surface area (Å²) in [4.78, 5) is 20.3. The van der Waals surface area contributed by atoms with Crippen LogP contribution in [0.1, 0.15) is 34.7 Å². The molecule has 2 atom stereocenters. The van der Waals surface area contributed by atoms with Crippen LogP contribution in [-0.4, -0.2) is 63.6 Å². The quantitative estimate of drug-likeness (QED) is 0.730. The zero-order valence-corrected chi connectivity index (χ0v) is 17.3. The van der Waals surface area contributed by atoms with Crippen LogP contribution in [0.5, 0.6) is 5.75 Å². The van der Waals surface area contributed by atoms with Gasteiger partial charge in [-0.25, -0.2) is 0 Å². The molecule has 3 aliphatic heterocycles. The van der Waals surface area contributed by atoms with E-state index in [-0.39, 0.29) is 5.78 Å². The van der Waals surface area contributed by atoms with Gasteiger partial charge in [-0.15, -0.1) is 0 Å². The Bertz CT molecular complexity index is 928. The lowest BCUT2D eigenvalue weighted by molar-refractivity contribution is 0.0950. The maximum Gasteiger partial charge on any atom is 0.167 e. The first kappa shape index (κ1) is 18.5. The molecule has 5 nitrogen and oxygen atoms in total. The number of likely N-dealkylation sites (tertiary alicyclic amines) is 1. The number of likely N-dealkylation sites (N-methyl/N-ethyl adjacent to an activating group) is 1. The Labute approximate surface area is 172 Å². The van der Waals surface area contributed by atoms with Gasteiger partial charge in [0.05, 0.1) is 24.0 Å². The fourth-order valence-electron chi connectivity index (χ4n) is 5.45. The Morgan fingerprint density at radius 1 is 1.10 bits per heavy atom. The monoisotopic (exact) mass is 391 g/mol. The minimum absolute atomic E-state index is 0.167. The van der Waals surface area contributed by atoms with Crippen molar-refractivity contribution in [1.82, 2.24) is 4.90 Å². The Morgan fingerprint density at radius 3 is 2.83 bits per heavy atom. The third-order valence-corrected chi connectivity index (χ3v) is 6.94. The highest BCUT2D eigenvalue weighted by atomic mass is 16.5. The number of benzene rings is 2. The highest BCUT2D eigenvalue weighted by molar-refractivity contribution is 5.98. The van der Waals surface area contributed by atoms with Gasteiger partial charge in [-0.05, 0) is 30.2 Å². The van der Waals surface area contributed by atoms with Crippen molar-refractivity contribution < 1.29 is 9.53 Å². The largest absolute Gasteiger partial charge is 0.496 e. The third-order valence-electron chi connectivity index (χ3n) is 6.94. The van der Waals surface area contributed by atoms with Crippen molar-refractivity contribution in [3.05, 3.63) is 53.6 Å². The molecule has 0 aliphatic carbocycles. The third kappa shape index (κ3) is 3.08. The van der Waals surface area contributed by atoms with Crippen LogP contribution in [0.3, 0.4) is 0 Å². The molecule has 29 heavy (non-hydrogen) atoms. The van der Waals surface area contributed by atoms with Crippen molar-refractivity contribution in [2.75, 3.05) is 56.7 Å². The summed E-state index contributed by atoms with van der Waals surface area (Å²) < 4.78 is 5.36. The van der Waals surface area contributed by atoms with E-state index in [4.69, 9.17) is 4.74 Å². The van der Waals surface area contributed by atoms with E-state index in [1.54, 1.807) is 7.11 Å². The molecule has 152 valence electrons. The summed E-state index contributed by atoms with van der Waals surface area (Å²) in [6.45, 7) is 5.14. The van der Waals surface area contributed by atoms with E-state index >= 15 is 0 Å². The number of piperidine rings is 1. The molecule has 1 saturated heterocycles. The first-order valence-electron chi connectivity index (χ1n) is 10.7. The Morgan fingerprint density at radius 2 is 1.97 bits per heavy atom. The summed E-state index contributed by atoms with van der Waals surface area (Å²) in [7, 11) is 3.82. The van der Waals surface area contributed by atoms with Crippen LogP contribution >= 0.6 is 0 Å². The number of Topliss-reactive ketones (excluding diaryl/α,β-unsaturated/α-hetero) is 1.